The zero-order valence-electron chi connectivity index (χ0n) is 13.4. The van der Waals surface area contributed by atoms with Crippen molar-refractivity contribution in [2.45, 2.75) is 95.2 Å². The maximum atomic E-state index is 11.7. The quantitative estimate of drug-likeness (QED) is 0.606. The Kier molecular flexibility index (Phi) is 6.49. The van der Waals surface area contributed by atoms with Gasteiger partial charge in [0.2, 0.25) is 0 Å². The predicted octanol–water partition coefficient (Wildman–Crippen LogP) is 3.49. The van der Waals surface area contributed by atoms with Crippen LogP contribution in [0.4, 0.5) is 0 Å². The Morgan fingerprint density at radius 1 is 1.24 bits per heavy atom. The van der Waals surface area contributed by atoms with Gasteiger partial charge < -0.3 is 9.84 Å². The smallest absolute Gasteiger partial charge is 0.324 e. The molecule has 0 saturated heterocycles. The van der Waals surface area contributed by atoms with E-state index in [2.05, 4.69) is 12.2 Å². The van der Waals surface area contributed by atoms with Crippen molar-refractivity contribution in [3.8, 4) is 0 Å². The van der Waals surface area contributed by atoms with Crippen LogP contribution in [-0.4, -0.2) is 35.4 Å². The van der Waals surface area contributed by atoms with Gasteiger partial charge in [0.05, 0.1) is 6.10 Å². The Balaban J connectivity index is 1.72. The first-order valence-electron chi connectivity index (χ1n) is 8.79. The maximum Gasteiger partial charge on any atom is 0.324 e. The Labute approximate surface area is 128 Å². The lowest BCUT2D eigenvalue weighted by Crippen LogP contribution is -2.57. The molecule has 122 valence electrons. The molecule has 0 aromatic rings. The number of hydrogen-bond donors (Lipinski definition) is 2. The second-order valence-electron chi connectivity index (χ2n) is 6.81. The van der Waals surface area contributed by atoms with Crippen LogP contribution in [0, 0.1) is 0 Å². The van der Waals surface area contributed by atoms with Gasteiger partial charge in [0.1, 0.15) is 5.54 Å². The fraction of sp³-hybridized carbons (Fsp3) is 0.941. The highest BCUT2D eigenvalue weighted by molar-refractivity contribution is 5.79. The zero-order chi connectivity index (χ0) is 15.1. The van der Waals surface area contributed by atoms with Crippen molar-refractivity contribution in [1.82, 2.24) is 5.32 Å². The van der Waals surface area contributed by atoms with Gasteiger partial charge in [-0.2, -0.15) is 0 Å². The van der Waals surface area contributed by atoms with Crippen molar-refractivity contribution in [3.63, 3.8) is 0 Å². The minimum Gasteiger partial charge on any atom is -0.480 e. The molecule has 2 N–H and O–H groups in total. The van der Waals surface area contributed by atoms with Gasteiger partial charge in [0, 0.05) is 19.1 Å². The summed E-state index contributed by atoms with van der Waals surface area (Å²) >= 11 is 0. The van der Waals surface area contributed by atoms with Crippen LogP contribution in [-0.2, 0) is 9.53 Å². The van der Waals surface area contributed by atoms with Gasteiger partial charge in [-0.05, 0) is 38.5 Å². The van der Waals surface area contributed by atoms with Gasteiger partial charge in [-0.15, -0.1) is 0 Å². The summed E-state index contributed by atoms with van der Waals surface area (Å²) in [5, 5.41) is 13.0. The van der Waals surface area contributed by atoms with E-state index in [-0.39, 0.29) is 6.10 Å². The maximum absolute atomic E-state index is 11.7. The molecular formula is C17H31NO3. The van der Waals surface area contributed by atoms with E-state index in [0.717, 1.165) is 45.1 Å². The minimum absolute atomic E-state index is 0.118. The molecule has 2 atom stereocenters. The summed E-state index contributed by atoms with van der Waals surface area (Å²) in [6.45, 7) is 3.00. The average Bonchev–Trinajstić information content (AvgIpc) is 3.27. The molecule has 0 radical (unpaired) electrons. The fourth-order valence-corrected chi connectivity index (χ4v) is 3.33. The molecule has 0 aromatic heterocycles. The molecule has 4 nitrogen and oxygen atoms in total. The standard InChI is InChI=1S/C17H31NO3/c1-2-3-4-5-6-12-21-15-8-7-11-17(13-15,16(19)20)18-14-9-10-14/h14-15,18H,2-13H2,1H3,(H,19,20). The number of ether oxygens (including phenoxy) is 1. The third kappa shape index (κ3) is 5.26. The summed E-state index contributed by atoms with van der Waals surface area (Å²) in [4.78, 5) is 11.7. The molecule has 2 saturated carbocycles. The van der Waals surface area contributed by atoms with Crippen LogP contribution in [0.25, 0.3) is 0 Å². The lowest BCUT2D eigenvalue weighted by molar-refractivity contribution is -0.149. The lowest BCUT2D eigenvalue weighted by Gasteiger charge is -2.38. The highest BCUT2D eigenvalue weighted by Gasteiger charge is 2.46. The van der Waals surface area contributed by atoms with E-state index in [0.29, 0.717) is 12.5 Å². The number of nitrogens with one attached hydrogen (secondary N) is 1. The summed E-state index contributed by atoms with van der Waals surface area (Å²) < 4.78 is 5.97. The van der Waals surface area contributed by atoms with E-state index in [9.17, 15) is 9.90 Å². The molecule has 2 unspecified atom stereocenters. The number of unbranched alkanes of at least 4 members (excludes halogenated alkanes) is 4. The van der Waals surface area contributed by atoms with E-state index in [1.165, 1.54) is 25.7 Å². The largest absolute Gasteiger partial charge is 0.480 e. The van der Waals surface area contributed by atoms with Crippen molar-refractivity contribution in [2.75, 3.05) is 6.61 Å². The van der Waals surface area contributed by atoms with Gasteiger partial charge in [0.25, 0.3) is 0 Å². The topological polar surface area (TPSA) is 58.6 Å². The van der Waals surface area contributed by atoms with Crippen molar-refractivity contribution >= 4 is 5.97 Å². The predicted molar refractivity (Wildman–Crippen MR) is 83.5 cm³/mol. The summed E-state index contributed by atoms with van der Waals surface area (Å²) in [7, 11) is 0. The monoisotopic (exact) mass is 297 g/mol. The molecule has 2 aliphatic rings. The number of carbonyl (C=O) groups is 1. The molecule has 0 amide bonds. The van der Waals surface area contributed by atoms with Gasteiger partial charge in [-0.1, -0.05) is 32.6 Å². The first-order valence-corrected chi connectivity index (χ1v) is 8.79. The highest BCUT2D eigenvalue weighted by atomic mass is 16.5. The van der Waals surface area contributed by atoms with E-state index in [1.54, 1.807) is 0 Å². The molecule has 0 spiro atoms. The van der Waals surface area contributed by atoms with Crippen LogP contribution in [0.3, 0.4) is 0 Å². The average molecular weight is 297 g/mol. The first kappa shape index (κ1) is 16.8. The number of hydrogen-bond acceptors (Lipinski definition) is 3. The number of aliphatic carboxylic acids is 1. The molecule has 0 aliphatic heterocycles. The van der Waals surface area contributed by atoms with Crippen LogP contribution in [0.5, 0.6) is 0 Å². The second kappa shape index (κ2) is 8.14. The Bertz CT molecular complexity index is 330. The van der Waals surface area contributed by atoms with Crippen molar-refractivity contribution in [2.24, 2.45) is 0 Å². The van der Waals surface area contributed by atoms with Gasteiger partial charge in [-0.25, -0.2) is 0 Å². The highest BCUT2D eigenvalue weighted by Crippen LogP contribution is 2.34. The Hall–Kier alpha value is -0.610. The minimum atomic E-state index is -0.730. The molecular weight excluding hydrogens is 266 g/mol. The molecule has 0 aromatic carbocycles. The van der Waals surface area contributed by atoms with Crippen LogP contribution < -0.4 is 5.32 Å². The third-order valence-corrected chi connectivity index (χ3v) is 4.77. The SMILES string of the molecule is CCCCCCCOC1CCCC(NC2CC2)(C(=O)O)C1. The normalized spacial score (nSPS) is 29.5. The van der Waals surface area contributed by atoms with Crippen LogP contribution in [0.15, 0.2) is 0 Å². The van der Waals surface area contributed by atoms with E-state index in [4.69, 9.17) is 4.74 Å². The molecule has 4 heteroatoms. The Morgan fingerprint density at radius 2 is 2.00 bits per heavy atom. The van der Waals surface area contributed by atoms with E-state index >= 15 is 0 Å². The van der Waals surface area contributed by atoms with Crippen molar-refractivity contribution in [1.29, 1.82) is 0 Å². The second-order valence-corrected chi connectivity index (χ2v) is 6.81. The number of rotatable bonds is 10. The molecule has 21 heavy (non-hydrogen) atoms. The third-order valence-electron chi connectivity index (χ3n) is 4.77. The zero-order valence-corrected chi connectivity index (χ0v) is 13.4. The van der Waals surface area contributed by atoms with Crippen LogP contribution >= 0.6 is 0 Å². The first-order chi connectivity index (χ1) is 10.2. The molecule has 2 rings (SSSR count). The summed E-state index contributed by atoms with van der Waals surface area (Å²) in [5.74, 6) is -0.689. The molecule has 0 heterocycles. The number of carboxylic acids is 1. The van der Waals surface area contributed by atoms with Gasteiger partial charge in [0.15, 0.2) is 0 Å². The molecule has 2 fully saturated rings. The number of carboxylic acid groups (broad SMARTS) is 1. The van der Waals surface area contributed by atoms with Crippen LogP contribution in [0.2, 0.25) is 0 Å². The van der Waals surface area contributed by atoms with Crippen molar-refractivity contribution in [3.05, 3.63) is 0 Å². The summed E-state index contributed by atoms with van der Waals surface area (Å²) in [6, 6.07) is 0.425. The van der Waals surface area contributed by atoms with E-state index in [1.807, 2.05) is 0 Å². The van der Waals surface area contributed by atoms with E-state index < -0.39 is 11.5 Å². The van der Waals surface area contributed by atoms with Gasteiger partial charge in [-0.3, -0.25) is 10.1 Å². The summed E-state index contributed by atoms with van der Waals surface area (Å²) in [5.41, 5.74) is -0.730. The molecule has 0 bridgehead atoms. The van der Waals surface area contributed by atoms with Crippen LogP contribution in [0.1, 0.15) is 77.6 Å². The van der Waals surface area contributed by atoms with Crippen molar-refractivity contribution < 1.29 is 14.6 Å². The Morgan fingerprint density at radius 3 is 2.67 bits per heavy atom. The summed E-state index contributed by atoms with van der Waals surface area (Å²) in [6.07, 6.45) is 11.9. The van der Waals surface area contributed by atoms with Gasteiger partial charge >= 0.3 is 5.97 Å². The lowest BCUT2D eigenvalue weighted by atomic mass is 9.80. The fourth-order valence-electron chi connectivity index (χ4n) is 3.33. The molecule has 2 aliphatic carbocycles.